The largest absolute Gasteiger partial charge is 0.497 e. The van der Waals surface area contributed by atoms with Crippen LogP contribution < -0.4 is 9.47 Å². The molecule has 6 nitrogen and oxygen atoms in total. The van der Waals surface area contributed by atoms with Gasteiger partial charge in [-0.25, -0.2) is 4.68 Å². The van der Waals surface area contributed by atoms with Crippen LogP contribution in [0.3, 0.4) is 0 Å². The van der Waals surface area contributed by atoms with Crippen LogP contribution in [0.25, 0.3) is 5.69 Å². The highest BCUT2D eigenvalue weighted by Gasteiger charge is 2.13. The molecule has 6 heteroatoms. The van der Waals surface area contributed by atoms with Crippen molar-refractivity contribution in [1.82, 2.24) is 14.7 Å². The number of rotatable bonds is 8. The van der Waals surface area contributed by atoms with E-state index in [2.05, 4.69) is 5.10 Å². The van der Waals surface area contributed by atoms with Crippen LogP contribution in [0.4, 0.5) is 0 Å². The summed E-state index contributed by atoms with van der Waals surface area (Å²) in [5.41, 5.74) is 2.98. The standard InChI is InChI=1S/C22H25N3O3/c1-24(16-18-10-11-20(27-2)13-21(18)28-3)22(26)12-9-17-14-23-25(15-17)19-7-5-4-6-8-19/h4-8,10-11,13-15H,9,12,16H2,1-3H3. The molecule has 0 fully saturated rings. The van der Waals surface area contributed by atoms with Gasteiger partial charge in [0.05, 0.1) is 26.1 Å². The Hall–Kier alpha value is -3.28. The summed E-state index contributed by atoms with van der Waals surface area (Å²) in [7, 11) is 5.04. The molecule has 146 valence electrons. The van der Waals surface area contributed by atoms with Crippen LogP contribution in [0.1, 0.15) is 17.5 Å². The van der Waals surface area contributed by atoms with Gasteiger partial charge in [0, 0.05) is 37.8 Å². The first-order chi connectivity index (χ1) is 13.6. The zero-order chi connectivity index (χ0) is 19.9. The Bertz CT molecular complexity index is 922. The highest BCUT2D eigenvalue weighted by atomic mass is 16.5. The molecule has 28 heavy (non-hydrogen) atoms. The molecule has 0 saturated carbocycles. The van der Waals surface area contributed by atoms with Crippen LogP contribution in [0.2, 0.25) is 0 Å². The summed E-state index contributed by atoms with van der Waals surface area (Å²) in [4.78, 5) is 14.3. The van der Waals surface area contributed by atoms with E-state index < -0.39 is 0 Å². The number of ether oxygens (including phenoxy) is 2. The molecule has 1 aromatic heterocycles. The Balaban J connectivity index is 1.57. The van der Waals surface area contributed by atoms with Gasteiger partial charge in [0.15, 0.2) is 0 Å². The van der Waals surface area contributed by atoms with Crippen LogP contribution >= 0.6 is 0 Å². The third-order valence-electron chi connectivity index (χ3n) is 4.61. The summed E-state index contributed by atoms with van der Waals surface area (Å²) >= 11 is 0. The van der Waals surface area contributed by atoms with E-state index in [0.717, 1.165) is 22.6 Å². The van der Waals surface area contributed by atoms with Gasteiger partial charge in [-0.2, -0.15) is 5.10 Å². The summed E-state index contributed by atoms with van der Waals surface area (Å²) in [5.74, 6) is 1.51. The third kappa shape index (κ3) is 4.71. The van der Waals surface area contributed by atoms with Gasteiger partial charge in [-0.1, -0.05) is 18.2 Å². The average molecular weight is 379 g/mol. The predicted octanol–water partition coefficient (Wildman–Crippen LogP) is 3.48. The number of hydrogen-bond acceptors (Lipinski definition) is 4. The summed E-state index contributed by atoms with van der Waals surface area (Å²) in [5, 5.41) is 4.38. The summed E-state index contributed by atoms with van der Waals surface area (Å²) in [6, 6.07) is 15.5. The molecule has 0 aliphatic carbocycles. The lowest BCUT2D eigenvalue weighted by Crippen LogP contribution is -2.26. The van der Waals surface area contributed by atoms with E-state index >= 15 is 0 Å². The molecular formula is C22H25N3O3. The fourth-order valence-electron chi connectivity index (χ4n) is 2.98. The summed E-state index contributed by atoms with van der Waals surface area (Å²) in [6.07, 6.45) is 4.85. The van der Waals surface area contributed by atoms with Gasteiger partial charge in [0.25, 0.3) is 0 Å². The lowest BCUT2D eigenvalue weighted by atomic mass is 10.1. The third-order valence-corrected chi connectivity index (χ3v) is 4.61. The fourth-order valence-corrected chi connectivity index (χ4v) is 2.98. The van der Waals surface area contributed by atoms with Crippen molar-refractivity contribution in [2.24, 2.45) is 0 Å². The fraction of sp³-hybridized carbons (Fsp3) is 0.273. The molecular weight excluding hydrogens is 354 g/mol. The van der Waals surface area contributed by atoms with E-state index in [1.54, 1.807) is 26.2 Å². The van der Waals surface area contributed by atoms with Crippen molar-refractivity contribution in [2.75, 3.05) is 21.3 Å². The minimum atomic E-state index is 0.0744. The van der Waals surface area contributed by atoms with Crippen LogP contribution in [-0.2, 0) is 17.8 Å². The van der Waals surface area contributed by atoms with Crippen LogP contribution in [0, 0.1) is 0 Å². The van der Waals surface area contributed by atoms with Gasteiger partial charge in [-0.15, -0.1) is 0 Å². The van der Waals surface area contributed by atoms with Crippen molar-refractivity contribution in [3.05, 3.63) is 72.1 Å². The van der Waals surface area contributed by atoms with E-state index in [4.69, 9.17) is 9.47 Å². The van der Waals surface area contributed by atoms with E-state index in [0.29, 0.717) is 25.1 Å². The first kappa shape index (κ1) is 19.5. The first-order valence-electron chi connectivity index (χ1n) is 9.14. The SMILES string of the molecule is COc1ccc(CN(C)C(=O)CCc2cnn(-c3ccccc3)c2)c(OC)c1. The molecule has 0 N–H and O–H groups in total. The Morgan fingerprint density at radius 3 is 2.61 bits per heavy atom. The number of nitrogens with zero attached hydrogens (tertiary/aromatic N) is 3. The molecule has 3 aromatic rings. The molecule has 0 spiro atoms. The number of aromatic nitrogens is 2. The summed E-state index contributed by atoms with van der Waals surface area (Å²) in [6.45, 7) is 0.481. The minimum Gasteiger partial charge on any atom is -0.497 e. The Kier molecular flexibility index (Phi) is 6.32. The van der Waals surface area contributed by atoms with E-state index in [-0.39, 0.29) is 5.91 Å². The van der Waals surface area contributed by atoms with Crippen LogP contribution in [0.15, 0.2) is 60.9 Å². The number of carbonyl (C=O) groups excluding carboxylic acids is 1. The zero-order valence-electron chi connectivity index (χ0n) is 16.5. The molecule has 0 unspecified atom stereocenters. The molecule has 0 aliphatic heterocycles. The van der Waals surface area contributed by atoms with Gasteiger partial charge in [-0.3, -0.25) is 4.79 Å². The van der Waals surface area contributed by atoms with E-state index in [1.807, 2.05) is 65.6 Å². The second-order valence-electron chi connectivity index (χ2n) is 6.56. The maximum absolute atomic E-state index is 12.6. The van der Waals surface area contributed by atoms with E-state index in [1.165, 1.54) is 0 Å². The van der Waals surface area contributed by atoms with Gasteiger partial charge in [0.2, 0.25) is 5.91 Å². The predicted molar refractivity (Wildman–Crippen MR) is 108 cm³/mol. The number of benzene rings is 2. The van der Waals surface area contributed by atoms with Gasteiger partial charge in [-0.05, 0) is 36.2 Å². The minimum absolute atomic E-state index is 0.0744. The first-order valence-corrected chi connectivity index (χ1v) is 9.14. The number of carbonyl (C=O) groups is 1. The van der Waals surface area contributed by atoms with Crippen molar-refractivity contribution < 1.29 is 14.3 Å². The van der Waals surface area contributed by atoms with Gasteiger partial charge < -0.3 is 14.4 Å². The Morgan fingerprint density at radius 1 is 1.11 bits per heavy atom. The van der Waals surface area contributed by atoms with Gasteiger partial charge in [0.1, 0.15) is 11.5 Å². The number of hydrogen-bond donors (Lipinski definition) is 0. The van der Waals surface area contributed by atoms with Crippen molar-refractivity contribution in [3.8, 4) is 17.2 Å². The van der Waals surface area contributed by atoms with Crippen molar-refractivity contribution in [1.29, 1.82) is 0 Å². The van der Waals surface area contributed by atoms with Crippen molar-refractivity contribution >= 4 is 5.91 Å². The molecule has 1 amide bonds. The zero-order valence-corrected chi connectivity index (χ0v) is 16.5. The molecule has 2 aromatic carbocycles. The number of amides is 1. The van der Waals surface area contributed by atoms with E-state index in [9.17, 15) is 4.79 Å². The molecule has 0 aliphatic rings. The number of para-hydroxylation sites is 1. The number of aryl methyl sites for hydroxylation is 1. The molecule has 3 rings (SSSR count). The monoisotopic (exact) mass is 379 g/mol. The van der Waals surface area contributed by atoms with Crippen molar-refractivity contribution in [3.63, 3.8) is 0 Å². The summed E-state index contributed by atoms with van der Waals surface area (Å²) < 4.78 is 12.5. The number of methoxy groups -OCH3 is 2. The molecule has 0 radical (unpaired) electrons. The smallest absolute Gasteiger partial charge is 0.222 e. The van der Waals surface area contributed by atoms with Crippen molar-refractivity contribution in [2.45, 2.75) is 19.4 Å². The highest BCUT2D eigenvalue weighted by Crippen LogP contribution is 2.25. The Labute approximate surface area is 165 Å². The van der Waals surface area contributed by atoms with Crippen LogP contribution in [-0.4, -0.2) is 41.9 Å². The second-order valence-corrected chi connectivity index (χ2v) is 6.56. The normalized spacial score (nSPS) is 10.5. The molecule has 0 atom stereocenters. The molecule has 0 bridgehead atoms. The van der Waals surface area contributed by atoms with Gasteiger partial charge >= 0.3 is 0 Å². The maximum Gasteiger partial charge on any atom is 0.222 e. The quantitative estimate of drug-likeness (QED) is 0.601. The van der Waals surface area contributed by atoms with Crippen LogP contribution in [0.5, 0.6) is 11.5 Å². The average Bonchev–Trinajstić information content (AvgIpc) is 3.22. The molecule has 1 heterocycles. The lowest BCUT2D eigenvalue weighted by molar-refractivity contribution is -0.130. The Morgan fingerprint density at radius 2 is 1.89 bits per heavy atom. The highest BCUT2D eigenvalue weighted by molar-refractivity contribution is 5.76. The lowest BCUT2D eigenvalue weighted by Gasteiger charge is -2.19. The second kappa shape index (κ2) is 9.08. The topological polar surface area (TPSA) is 56.6 Å². The maximum atomic E-state index is 12.6. The molecule has 0 saturated heterocycles.